The van der Waals surface area contributed by atoms with Crippen molar-refractivity contribution in [2.24, 2.45) is 13.0 Å². The lowest BCUT2D eigenvalue weighted by atomic mass is 10.0. The molecular formula is C16H30N4O. The van der Waals surface area contributed by atoms with Crippen LogP contribution in [0, 0.1) is 5.92 Å². The number of imidazole rings is 1. The fraction of sp³-hybridized carbons (Fsp3) is 0.750. The zero-order valence-corrected chi connectivity index (χ0v) is 14.3. The van der Waals surface area contributed by atoms with Crippen LogP contribution in [-0.2, 0) is 11.8 Å². The highest BCUT2D eigenvalue weighted by Gasteiger charge is 2.26. The molecule has 1 N–H and O–H groups in total. The number of aromatic nitrogens is 2. The molecular weight excluding hydrogens is 264 g/mol. The second-order valence-electron chi connectivity index (χ2n) is 6.53. The van der Waals surface area contributed by atoms with E-state index < -0.39 is 0 Å². The molecule has 1 rings (SSSR count). The normalized spacial score (nSPS) is 14.5. The Morgan fingerprint density at radius 2 is 2.00 bits per heavy atom. The van der Waals surface area contributed by atoms with E-state index in [-0.39, 0.29) is 18.0 Å². The molecule has 21 heavy (non-hydrogen) atoms. The van der Waals surface area contributed by atoms with Crippen molar-refractivity contribution in [2.75, 3.05) is 14.1 Å². The first-order valence-corrected chi connectivity index (χ1v) is 7.76. The van der Waals surface area contributed by atoms with Crippen LogP contribution in [0.3, 0.4) is 0 Å². The number of carbonyl (C=O) groups is 1. The molecule has 0 aliphatic heterocycles. The number of rotatable bonds is 8. The van der Waals surface area contributed by atoms with Crippen LogP contribution in [0.5, 0.6) is 0 Å². The van der Waals surface area contributed by atoms with Crippen molar-refractivity contribution in [3.8, 4) is 0 Å². The third-order valence-corrected chi connectivity index (χ3v) is 3.71. The van der Waals surface area contributed by atoms with Crippen LogP contribution in [0.2, 0.25) is 0 Å². The van der Waals surface area contributed by atoms with E-state index in [1.54, 1.807) is 12.5 Å². The summed E-state index contributed by atoms with van der Waals surface area (Å²) in [6, 6.07) is -0.100. The minimum Gasteiger partial charge on any atom is -0.352 e. The van der Waals surface area contributed by atoms with Gasteiger partial charge in [-0.1, -0.05) is 26.7 Å². The Morgan fingerprint density at radius 1 is 1.33 bits per heavy atom. The maximum atomic E-state index is 12.5. The molecule has 0 saturated heterocycles. The average Bonchev–Trinajstić information content (AvgIpc) is 2.74. The highest BCUT2D eigenvalue weighted by molar-refractivity contribution is 5.82. The van der Waals surface area contributed by atoms with Gasteiger partial charge in [0.2, 0.25) is 5.91 Å². The largest absolute Gasteiger partial charge is 0.352 e. The highest BCUT2D eigenvalue weighted by atomic mass is 16.2. The minimum absolute atomic E-state index is 0.0423. The van der Waals surface area contributed by atoms with Crippen LogP contribution in [0.4, 0.5) is 0 Å². The highest BCUT2D eigenvalue weighted by Crippen LogP contribution is 2.18. The number of carbonyl (C=O) groups excluding carboxylic acids is 1. The summed E-state index contributed by atoms with van der Waals surface area (Å²) in [6.45, 7) is 6.54. The van der Waals surface area contributed by atoms with E-state index >= 15 is 0 Å². The van der Waals surface area contributed by atoms with E-state index in [2.05, 4.69) is 31.1 Å². The van der Waals surface area contributed by atoms with Crippen LogP contribution >= 0.6 is 0 Å². The topological polar surface area (TPSA) is 50.2 Å². The summed E-state index contributed by atoms with van der Waals surface area (Å²) in [7, 11) is 5.75. The second-order valence-corrected chi connectivity index (χ2v) is 6.53. The molecule has 0 aromatic carbocycles. The van der Waals surface area contributed by atoms with Crippen molar-refractivity contribution >= 4 is 5.91 Å². The zero-order chi connectivity index (χ0) is 16.0. The van der Waals surface area contributed by atoms with E-state index in [4.69, 9.17) is 0 Å². The van der Waals surface area contributed by atoms with Crippen LogP contribution in [-0.4, -0.2) is 40.5 Å². The van der Waals surface area contributed by atoms with E-state index in [0.29, 0.717) is 0 Å². The Hall–Kier alpha value is -1.36. The lowest BCUT2D eigenvalue weighted by molar-refractivity contribution is -0.126. The van der Waals surface area contributed by atoms with Crippen LogP contribution in [0.15, 0.2) is 12.5 Å². The number of likely N-dealkylation sites (N-methyl/N-ethyl adjacent to an activating group) is 1. The first-order valence-electron chi connectivity index (χ1n) is 7.76. The molecule has 5 heteroatoms. The van der Waals surface area contributed by atoms with Crippen molar-refractivity contribution in [2.45, 2.75) is 52.1 Å². The van der Waals surface area contributed by atoms with Gasteiger partial charge >= 0.3 is 0 Å². The zero-order valence-electron chi connectivity index (χ0n) is 14.3. The van der Waals surface area contributed by atoms with Gasteiger partial charge in [-0.3, -0.25) is 9.69 Å². The van der Waals surface area contributed by atoms with Gasteiger partial charge in [0.1, 0.15) is 6.04 Å². The monoisotopic (exact) mass is 294 g/mol. The molecule has 1 heterocycles. The van der Waals surface area contributed by atoms with Crippen molar-refractivity contribution in [3.63, 3.8) is 0 Å². The van der Waals surface area contributed by atoms with Gasteiger partial charge in [0.15, 0.2) is 0 Å². The van der Waals surface area contributed by atoms with Crippen molar-refractivity contribution in [3.05, 3.63) is 18.2 Å². The van der Waals surface area contributed by atoms with Crippen LogP contribution in [0.1, 0.15) is 51.8 Å². The smallest absolute Gasteiger partial charge is 0.243 e. The number of aryl methyl sites for hydroxylation is 1. The first-order chi connectivity index (χ1) is 9.82. The Balaban J connectivity index is 2.60. The van der Waals surface area contributed by atoms with E-state index in [9.17, 15) is 4.79 Å². The molecule has 1 aromatic heterocycles. The molecule has 1 amide bonds. The minimum atomic E-state index is -0.301. The molecule has 2 atom stereocenters. The summed E-state index contributed by atoms with van der Waals surface area (Å²) >= 11 is 0. The van der Waals surface area contributed by atoms with E-state index in [0.717, 1.165) is 24.5 Å². The number of nitrogens with zero attached hydrogens (tertiary/aromatic N) is 3. The third-order valence-electron chi connectivity index (χ3n) is 3.71. The van der Waals surface area contributed by atoms with Crippen molar-refractivity contribution < 1.29 is 4.79 Å². The molecule has 0 bridgehead atoms. The van der Waals surface area contributed by atoms with Gasteiger partial charge in [0, 0.05) is 13.1 Å². The summed E-state index contributed by atoms with van der Waals surface area (Å²) in [5.74, 6) is 0.762. The number of hydrogen-bond acceptors (Lipinski definition) is 3. The molecule has 0 spiro atoms. The third kappa shape index (κ3) is 5.50. The van der Waals surface area contributed by atoms with Gasteiger partial charge in [-0.25, -0.2) is 4.98 Å². The van der Waals surface area contributed by atoms with Gasteiger partial charge in [-0.15, -0.1) is 0 Å². The first kappa shape index (κ1) is 17.7. The molecule has 0 aliphatic rings. The van der Waals surface area contributed by atoms with Crippen LogP contribution in [0.25, 0.3) is 0 Å². The molecule has 0 saturated carbocycles. The molecule has 0 aliphatic carbocycles. The van der Waals surface area contributed by atoms with Gasteiger partial charge in [-0.2, -0.15) is 0 Å². The van der Waals surface area contributed by atoms with E-state index in [1.165, 1.54) is 6.42 Å². The molecule has 120 valence electrons. The fourth-order valence-electron chi connectivity index (χ4n) is 2.49. The number of hydrogen-bond donors (Lipinski definition) is 1. The number of nitrogens with one attached hydrogen (secondary N) is 1. The van der Waals surface area contributed by atoms with Gasteiger partial charge in [-0.05, 0) is 33.4 Å². The van der Waals surface area contributed by atoms with Crippen LogP contribution < -0.4 is 5.32 Å². The summed E-state index contributed by atoms with van der Waals surface area (Å²) in [5.41, 5.74) is 0.909. The molecule has 0 unspecified atom stereocenters. The average molecular weight is 294 g/mol. The maximum absolute atomic E-state index is 12.5. The lowest BCUT2D eigenvalue weighted by Gasteiger charge is -2.25. The Kier molecular flexibility index (Phi) is 6.89. The standard InChI is InChI=1S/C16H30N4O/c1-12(2)8-7-9-13(3)18-16(21)15(19(4)5)14-10-17-11-20(14)6/h10-13,15H,7-9H2,1-6H3,(H,18,21)/t13-,15-/m0/s1. The maximum Gasteiger partial charge on any atom is 0.243 e. The quantitative estimate of drug-likeness (QED) is 0.800. The van der Waals surface area contributed by atoms with E-state index in [1.807, 2.05) is 30.6 Å². The van der Waals surface area contributed by atoms with Gasteiger partial charge in [0.25, 0.3) is 0 Å². The lowest BCUT2D eigenvalue weighted by Crippen LogP contribution is -2.41. The Morgan fingerprint density at radius 3 is 2.48 bits per heavy atom. The molecule has 0 fully saturated rings. The Bertz CT molecular complexity index is 439. The second kappa shape index (κ2) is 8.17. The summed E-state index contributed by atoms with van der Waals surface area (Å²) in [6.07, 6.45) is 6.87. The number of amides is 1. The van der Waals surface area contributed by atoms with Gasteiger partial charge in [0.05, 0.1) is 18.2 Å². The molecule has 1 aromatic rings. The summed E-state index contributed by atoms with van der Waals surface area (Å²) in [5, 5.41) is 3.13. The predicted molar refractivity (Wildman–Crippen MR) is 85.9 cm³/mol. The Labute approximate surface area is 128 Å². The van der Waals surface area contributed by atoms with Crippen molar-refractivity contribution in [1.29, 1.82) is 0 Å². The molecule has 0 radical (unpaired) electrons. The van der Waals surface area contributed by atoms with Crippen molar-refractivity contribution in [1.82, 2.24) is 19.8 Å². The fourth-order valence-corrected chi connectivity index (χ4v) is 2.49. The summed E-state index contributed by atoms with van der Waals surface area (Å²) in [4.78, 5) is 18.6. The molecule has 5 nitrogen and oxygen atoms in total. The summed E-state index contributed by atoms with van der Waals surface area (Å²) < 4.78 is 1.90. The predicted octanol–water partition coefficient (Wildman–Crippen LogP) is 2.35. The SMILES string of the molecule is CC(C)CCC[C@H](C)NC(=O)[C@H](c1cncn1C)N(C)C. The van der Waals surface area contributed by atoms with Gasteiger partial charge < -0.3 is 9.88 Å².